The van der Waals surface area contributed by atoms with Crippen LogP contribution in [0.1, 0.15) is 41.7 Å². The first-order valence-corrected chi connectivity index (χ1v) is 8.98. The Kier molecular flexibility index (Phi) is 3.49. The molecule has 0 unspecified atom stereocenters. The molecule has 5 nitrogen and oxygen atoms in total. The third kappa shape index (κ3) is 2.39. The van der Waals surface area contributed by atoms with Crippen LogP contribution in [0.3, 0.4) is 0 Å². The molecule has 4 heterocycles. The van der Waals surface area contributed by atoms with Crippen molar-refractivity contribution in [1.29, 1.82) is 0 Å². The summed E-state index contributed by atoms with van der Waals surface area (Å²) in [7, 11) is 0. The Bertz CT molecular complexity index is 553. The van der Waals surface area contributed by atoms with Gasteiger partial charge in [0.1, 0.15) is 0 Å². The van der Waals surface area contributed by atoms with Gasteiger partial charge >= 0.3 is 0 Å². The molecule has 1 aromatic heterocycles. The first-order valence-electron chi connectivity index (χ1n) is 7.82. The number of nitrogens with zero attached hydrogens (tertiary/aromatic N) is 4. The number of carbonyl (C=O) groups excluding carboxylic acids is 1. The van der Waals surface area contributed by atoms with Gasteiger partial charge in [-0.2, -0.15) is 11.8 Å². The fourth-order valence-corrected chi connectivity index (χ4v) is 4.54. The van der Waals surface area contributed by atoms with E-state index in [1.807, 2.05) is 16.7 Å². The number of amides is 1. The second-order valence-electron chi connectivity index (χ2n) is 6.00. The van der Waals surface area contributed by atoms with Crippen molar-refractivity contribution in [3.63, 3.8) is 0 Å². The minimum atomic E-state index is 0.134. The summed E-state index contributed by atoms with van der Waals surface area (Å²) in [6, 6.07) is 0.392. The number of carbonyl (C=O) groups is 1. The van der Waals surface area contributed by atoms with Gasteiger partial charge in [0.05, 0.1) is 17.8 Å². The Labute approximate surface area is 129 Å². The van der Waals surface area contributed by atoms with Crippen molar-refractivity contribution in [1.82, 2.24) is 14.9 Å². The van der Waals surface area contributed by atoms with Gasteiger partial charge in [0.15, 0.2) is 0 Å². The van der Waals surface area contributed by atoms with Crippen LogP contribution in [0, 0.1) is 0 Å². The summed E-state index contributed by atoms with van der Waals surface area (Å²) in [6.45, 7) is 2.75. The van der Waals surface area contributed by atoms with Crippen molar-refractivity contribution in [2.75, 3.05) is 29.5 Å². The van der Waals surface area contributed by atoms with Crippen molar-refractivity contribution in [3.05, 3.63) is 17.5 Å². The molecule has 2 fully saturated rings. The molecular weight excluding hydrogens is 284 g/mol. The molecule has 21 heavy (non-hydrogen) atoms. The lowest BCUT2D eigenvalue weighted by Crippen LogP contribution is -2.38. The highest BCUT2D eigenvalue weighted by Gasteiger charge is 2.35. The quantitative estimate of drug-likeness (QED) is 0.835. The van der Waals surface area contributed by atoms with Gasteiger partial charge in [0.2, 0.25) is 5.95 Å². The Morgan fingerprint density at radius 2 is 1.95 bits per heavy atom. The van der Waals surface area contributed by atoms with Gasteiger partial charge in [-0.15, -0.1) is 0 Å². The molecule has 112 valence electrons. The molecular formula is C15H20N4OS. The van der Waals surface area contributed by atoms with Gasteiger partial charge in [0.25, 0.3) is 5.91 Å². The van der Waals surface area contributed by atoms with E-state index in [1.54, 1.807) is 6.20 Å². The van der Waals surface area contributed by atoms with Crippen molar-refractivity contribution in [2.24, 2.45) is 0 Å². The Morgan fingerprint density at radius 1 is 1.19 bits per heavy atom. The molecule has 3 aliphatic rings. The van der Waals surface area contributed by atoms with E-state index >= 15 is 0 Å². The van der Waals surface area contributed by atoms with Crippen LogP contribution in [-0.2, 0) is 6.54 Å². The summed E-state index contributed by atoms with van der Waals surface area (Å²) in [6.07, 6.45) is 6.39. The topological polar surface area (TPSA) is 49.3 Å². The summed E-state index contributed by atoms with van der Waals surface area (Å²) < 4.78 is 0. The third-order valence-corrected chi connectivity index (χ3v) is 5.74. The third-order valence-electron chi connectivity index (χ3n) is 4.69. The minimum Gasteiger partial charge on any atom is -0.341 e. The summed E-state index contributed by atoms with van der Waals surface area (Å²) in [5.74, 6) is 3.26. The van der Waals surface area contributed by atoms with Crippen LogP contribution in [0.4, 0.5) is 5.95 Å². The zero-order valence-corrected chi connectivity index (χ0v) is 12.9. The van der Waals surface area contributed by atoms with Crippen LogP contribution in [0.2, 0.25) is 0 Å². The molecule has 4 rings (SSSR count). The molecule has 2 saturated heterocycles. The van der Waals surface area contributed by atoms with E-state index in [0.717, 1.165) is 54.6 Å². The molecule has 0 saturated carbocycles. The van der Waals surface area contributed by atoms with Gasteiger partial charge < -0.3 is 9.80 Å². The van der Waals surface area contributed by atoms with Gasteiger partial charge in [-0.3, -0.25) is 4.79 Å². The lowest BCUT2D eigenvalue weighted by Gasteiger charge is -2.30. The molecule has 1 amide bonds. The molecule has 0 spiro atoms. The second kappa shape index (κ2) is 5.48. The van der Waals surface area contributed by atoms with Crippen LogP contribution in [-0.4, -0.2) is 51.4 Å². The SMILES string of the molecule is O=C1c2cnc(N3CCCC3)nc2CN1C1CCSCC1. The van der Waals surface area contributed by atoms with Crippen molar-refractivity contribution >= 4 is 23.6 Å². The van der Waals surface area contributed by atoms with Crippen LogP contribution in [0.15, 0.2) is 6.20 Å². The Morgan fingerprint density at radius 3 is 2.71 bits per heavy atom. The maximum Gasteiger partial charge on any atom is 0.257 e. The van der Waals surface area contributed by atoms with E-state index in [1.165, 1.54) is 12.8 Å². The molecule has 1 aromatic rings. The first-order chi connectivity index (χ1) is 10.3. The highest BCUT2D eigenvalue weighted by Crippen LogP contribution is 2.30. The zero-order valence-electron chi connectivity index (χ0n) is 12.1. The Hall–Kier alpha value is -1.30. The summed E-state index contributed by atoms with van der Waals surface area (Å²) in [5.41, 5.74) is 1.64. The number of rotatable bonds is 2. The zero-order chi connectivity index (χ0) is 14.2. The number of anilines is 1. The largest absolute Gasteiger partial charge is 0.341 e. The van der Waals surface area contributed by atoms with E-state index < -0.39 is 0 Å². The van der Waals surface area contributed by atoms with Crippen LogP contribution in [0.5, 0.6) is 0 Å². The lowest BCUT2D eigenvalue weighted by atomic mass is 10.1. The van der Waals surface area contributed by atoms with Gasteiger partial charge in [-0.1, -0.05) is 0 Å². The second-order valence-corrected chi connectivity index (χ2v) is 7.23. The molecule has 6 heteroatoms. The maximum atomic E-state index is 12.6. The molecule has 0 atom stereocenters. The van der Waals surface area contributed by atoms with Crippen molar-refractivity contribution < 1.29 is 4.79 Å². The summed E-state index contributed by atoms with van der Waals surface area (Å²) in [5, 5.41) is 0. The summed E-state index contributed by atoms with van der Waals surface area (Å²) >= 11 is 1.99. The molecule has 0 aliphatic carbocycles. The monoisotopic (exact) mass is 304 g/mol. The average molecular weight is 304 g/mol. The molecule has 3 aliphatic heterocycles. The van der Waals surface area contributed by atoms with Crippen LogP contribution < -0.4 is 4.90 Å². The minimum absolute atomic E-state index is 0.134. The summed E-state index contributed by atoms with van der Waals surface area (Å²) in [4.78, 5) is 25.9. The molecule has 0 radical (unpaired) electrons. The smallest absolute Gasteiger partial charge is 0.257 e. The number of hydrogen-bond acceptors (Lipinski definition) is 5. The number of thioether (sulfide) groups is 1. The van der Waals surface area contributed by atoms with Crippen molar-refractivity contribution in [3.8, 4) is 0 Å². The van der Waals surface area contributed by atoms with Crippen LogP contribution in [0.25, 0.3) is 0 Å². The predicted octanol–water partition coefficient (Wildman–Crippen LogP) is 1.93. The van der Waals surface area contributed by atoms with E-state index in [9.17, 15) is 4.79 Å². The van der Waals surface area contributed by atoms with E-state index in [-0.39, 0.29) is 5.91 Å². The standard InChI is InChI=1S/C15H20N4OS/c20-14-12-9-16-15(18-5-1-2-6-18)17-13(12)10-19(14)11-3-7-21-8-4-11/h9,11H,1-8,10H2. The first kappa shape index (κ1) is 13.4. The maximum absolute atomic E-state index is 12.6. The highest BCUT2D eigenvalue weighted by atomic mass is 32.2. The van der Waals surface area contributed by atoms with Gasteiger partial charge in [0, 0.05) is 25.3 Å². The molecule has 0 bridgehead atoms. The number of hydrogen-bond donors (Lipinski definition) is 0. The highest BCUT2D eigenvalue weighted by molar-refractivity contribution is 7.99. The lowest BCUT2D eigenvalue weighted by molar-refractivity contribution is 0.0692. The van der Waals surface area contributed by atoms with E-state index in [2.05, 4.69) is 14.9 Å². The predicted molar refractivity (Wildman–Crippen MR) is 83.7 cm³/mol. The fraction of sp³-hybridized carbons (Fsp3) is 0.667. The number of fused-ring (bicyclic) bond motifs is 1. The van der Waals surface area contributed by atoms with Gasteiger partial charge in [-0.25, -0.2) is 9.97 Å². The molecule has 0 aromatic carbocycles. The fourth-order valence-electron chi connectivity index (χ4n) is 3.45. The van der Waals surface area contributed by atoms with E-state index in [4.69, 9.17) is 0 Å². The van der Waals surface area contributed by atoms with Crippen molar-refractivity contribution in [2.45, 2.75) is 38.3 Å². The Balaban J connectivity index is 1.56. The molecule has 0 N–H and O–H groups in total. The van der Waals surface area contributed by atoms with Crippen LogP contribution >= 0.6 is 11.8 Å². The van der Waals surface area contributed by atoms with Gasteiger partial charge in [-0.05, 0) is 37.2 Å². The average Bonchev–Trinajstić information content (AvgIpc) is 3.16. The number of aromatic nitrogens is 2. The van der Waals surface area contributed by atoms with E-state index in [0.29, 0.717) is 12.6 Å². The normalized spacial score (nSPS) is 23.0.